The third kappa shape index (κ3) is 7.57. The maximum atomic E-state index is 13.1. The molecule has 3 aromatic carbocycles. The highest BCUT2D eigenvalue weighted by Crippen LogP contribution is 2.32. The van der Waals surface area contributed by atoms with Crippen LogP contribution in [-0.4, -0.2) is 29.4 Å². The van der Waals surface area contributed by atoms with E-state index in [0.717, 1.165) is 29.7 Å². The van der Waals surface area contributed by atoms with Crippen molar-refractivity contribution in [2.45, 2.75) is 18.0 Å². The van der Waals surface area contributed by atoms with Gasteiger partial charge in [0.05, 0.1) is 39.4 Å². The minimum atomic E-state index is -4.78. The lowest BCUT2D eigenvalue weighted by Gasteiger charge is -2.15. The Morgan fingerprint density at radius 2 is 1.59 bits per heavy atom. The first-order valence-electron chi connectivity index (χ1n) is 10.6. The van der Waals surface area contributed by atoms with Crippen molar-refractivity contribution in [1.29, 1.82) is 0 Å². The van der Waals surface area contributed by atoms with E-state index in [1.165, 1.54) is 12.1 Å². The maximum absolute atomic E-state index is 13.1. The Bertz CT molecular complexity index is 1520. The van der Waals surface area contributed by atoms with Gasteiger partial charge >= 0.3 is 12.1 Å². The molecule has 0 saturated carbocycles. The summed E-state index contributed by atoms with van der Waals surface area (Å²) in [7, 11) is -8.81. The molecule has 2 N–H and O–H groups in total. The van der Waals surface area contributed by atoms with E-state index in [1.807, 2.05) is 0 Å². The van der Waals surface area contributed by atoms with Gasteiger partial charge in [0, 0.05) is 0 Å². The van der Waals surface area contributed by atoms with Crippen LogP contribution in [0.15, 0.2) is 83.1 Å². The maximum Gasteiger partial charge on any atom is 0.416 e. The smallest absolute Gasteiger partial charge is 0.416 e. The Kier molecular flexibility index (Phi) is 8.28. The minimum absolute atomic E-state index is 0.0314. The fourth-order valence-corrected chi connectivity index (χ4v) is 5.03. The molecule has 196 valence electrons. The number of rotatable bonds is 9. The number of esters is 1. The third-order valence-corrected chi connectivity index (χ3v) is 7.10. The average Bonchev–Trinajstić information content (AvgIpc) is 2.84. The molecule has 0 fully saturated rings. The fraction of sp³-hybridized carbons (Fsp3) is 0.125. The normalized spacial score (nSPS) is 12.3. The van der Waals surface area contributed by atoms with Crippen molar-refractivity contribution in [3.8, 4) is 0 Å². The summed E-state index contributed by atoms with van der Waals surface area (Å²) in [5.74, 6) is -0.796. The van der Waals surface area contributed by atoms with E-state index in [2.05, 4.69) is 9.44 Å². The van der Waals surface area contributed by atoms with Crippen molar-refractivity contribution in [3.05, 3.63) is 94.9 Å². The molecular formula is C24H21F3N2O6S2. The Labute approximate surface area is 211 Å². The molecule has 3 aromatic rings. The number of hydrogen-bond acceptors (Lipinski definition) is 6. The van der Waals surface area contributed by atoms with Crippen molar-refractivity contribution < 1.29 is 39.5 Å². The Balaban J connectivity index is 2.00. The largest absolute Gasteiger partial charge is 0.462 e. The highest BCUT2D eigenvalue weighted by atomic mass is 32.2. The zero-order chi connectivity index (χ0) is 27.3. The van der Waals surface area contributed by atoms with Crippen molar-refractivity contribution >= 4 is 43.5 Å². The number of sulfonamides is 2. The predicted molar refractivity (Wildman–Crippen MR) is 133 cm³/mol. The lowest BCUT2D eigenvalue weighted by Crippen LogP contribution is -2.18. The standard InChI is InChI=1S/C24H21F3N2O6S2/c1-2-35-23(30)18-11-12-21(29-37(33,34)20-10-6-9-19(16-20)24(25,26)27)22(15-18)28-36(31,32)14-13-17-7-4-3-5-8-17/h3-16,28-29H,2H2,1H3/b14-13+. The predicted octanol–water partition coefficient (Wildman–Crippen LogP) is 5.10. The molecule has 0 saturated heterocycles. The summed E-state index contributed by atoms with van der Waals surface area (Å²) in [6.07, 6.45) is -3.48. The van der Waals surface area contributed by atoms with Gasteiger partial charge in [-0.05, 0) is 55.0 Å². The van der Waals surface area contributed by atoms with Gasteiger partial charge in [0.15, 0.2) is 0 Å². The Hall–Kier alpha value is -3.84. The number of carbonyl (C=O) groups excluding carboxylic acids is 1. The summed E-state index contributed by atoms with van der Waals surface area (Å²) in [5.41, 5.74) is -1.38. The first kappa shape index (κ1) is 27.7. The molecule has 13 heteroatoms. The van der Waals surface area contributed by atoms with Crippen LogP contribution in [0.4, 0.5) is 24.5 Å². The molecule has 0 atom stereocenters. The zero-order valence-corrected chi connectivity index (χ0v) is 20.8. The lowest BCUT2D eigenvalue weighted by atomic mass is 10.2. The molecule has 0 aliphatic rings. The first-order valence-corrected chi connectivity index (χ1v) is 13.6. The van der Waals surface area contributed by atoms with Crippen LogP contribution in [0.25, 0.3) is 6.08 Å². The van der Waals surface area contributed by atoms with E-state index in [-0.39, 0.29) is 23.5 Å². The molecule has 0 unspecified atom stereocenters. The number of hydrogen-bond donors (Lipinski definition) is 2. The van der Waals surface area contributed by atoms with Gasteiger partial charge in [0.25, 0.3) is 20.0 Å². The summed E-state index contributed by atoms with van der Waals surface area (Å²) >= 11 is 0. The molecule has 0 aliphatic carbocycles. The quantitative estimate of drug-likeness (QED) is 0.356. The lowest BCUT2D eigenvalue weighted by molar-refractivity contribution is -0.137. The van der Waals surface area contributed by atoms with Crippen molar-refractivity contribution in [2.75, 3.05) is 16.1 Å². The Morgan fingerprint density at radius 1 is 0.892 bits per heavy atom. The van der Waals surface area contributed by atoms with Crippen LogP contribution in [-0.2, 0) is 31.0 Å². The second-order valence-corrected chi connectivity index (χ2v) is 10.7. The van der Waals surface area contributed by atoms with Gasteiger partial charge < -0.3 is 4.74 Å². The molecule has 0 amide bonds. The number of nitrogens with one attached hydrogen (secondary N) is 2. The van der Waals surface area contributed by atoms with Crippen molar-refractivity contribution in [2.24, 2.45) is 0 Å². The van der Waals surface area contributed by atoms with Gasteiger partial charge in [-0.3, -0.25) is 9.44 Å². The minimum Gasteiger partial charge on any atom is -0.462 e. The second kappa shape index (κ2) is 11.0. The van der Waals surface area contributed by atoms with E-state index in [4.69, 9.17) is 4.74 Å². The number of carbonyl (C=O) groups is 1. The number of benzene rings is 3. The van der Waals surface area contributed by atoms with Gasteiger partial charge in [0.2, 0.25) is 0 Å². The van der Waals surface area contributed by atoms with Crippen LogP contribution >= 0.6 is 0 Å². The van der Waals surface area contributed by atoms with Crippen LogP contribution in [0.3, 0.4) is 0 Å². The fourth-order valence-electron chi connectivity index (χ4n) is 3.02. The highest BCUT2D eigenvalue weighted by molar-refractivity contribution is 7.95. The van der Waals surface area contributed by atoms with E-state index in [1.54, 1.807) is 37.3 Å². The van der Waals surface area contributed by atoms with Gasteiger partial charge in [-0.2, -0.15) is 13.2 Å². The van der Waals surface area contributed by atoms with E-state index in [9.17, 15) is 34.8 Å². The van der Waals surface area contributed by atoms with Crippen molar-refractivity contribution in [1.82, 2.24) is 0 Å². The van der Waals surface area contributed by atoms with Gasteiger partial charge in [-0.25, -0.2) is 21.6 Å². The van der Waals surface area contributed by atoms with Crippen LogP contribution in [0.1, 0.15) is 28.4 Å². The number of anilines is 2. The number of halogens is 3. The second-order valence-electron chi connectivity index (χ2n) is 7.47. The SMILES string of the molecule is CCOC(=O)c1ccc(NS(=O)(=O)c2cccc(C(F)(F)F)c2)c(NS(=O)(=O)/C=C/c2ccccc2)c1. The van der Waals surface area contributed by atoms with Gasteiger partial charge in [-0.1, -0.05) is 36.4 Å². The van der Waals surface area contributed by atoms with Crippen LogP contribution < -0.4 is 9.44 Å². The molecule has 0 heterocycles. The first-order chi connectivity index (χ1) is 17.3. The third-order valence-electron chi connectivity index (χ3n) is 4.74. The molecule has 0 spiro atoms. The summed E-state index contributed by atoms with van der Waals surface area (Å²) < 4.78 is 99.5. The van der Waals surface area contributed by atoms with Crippen LogP contribution in [0.2, 0.25) is 0 Å². The van der Waals surface area contributed by atoms with Gasteiger partial charge in [0.1, 0.15) is 0 Å². The summed E-state index contributed by atoms with van der Waals surface area (Å²) in [5, 5.41) is 0.838. The van der Waals surface area contributed by atoms with Crippen LogP contribution in [0, 0.1) is 0 Å². The topological polar surface area (TPSA) is 119 Å². The Morgan fingerprint density at radius 3 is 2.24 bits per heavy atom. The van der Waals surface area contributed by atoms with Crippen molar-refractivity contribution in [3.63, 3.8) is 0 Å². The monoisotopic (exact) mass is 554 g/mol. The molecular weight excluding hydrogens is 533 g/mol. The summed E-state index contributed by atoms with van der Waals surface area (Å²) in [6, 6.07) is 14.8. The van der Waals surface area contributed by atoms with E-state index >= 15 is 0 Å². The number of ether oxygens (including phenoxy) is 1. The van der Waals surface area contributed by atoms with E-state index < -0.39 is 42.7 Å². The molecule has 8 nitrogen and oxygen atoms in total. The van der Waals surface area contributed by atoms with Crippen LogP contribution in [0.5, 0.6) is 0 Å². The molecule has 0 radical (unpaired) electrons. The average molecular weight is 555 g/mol. The van der Waals surface area contributed by atoms with E-state index in [0.29, 0.717) is 17.7 Å². The molecule has 0 aromatic heterocycles. The number of alkyl halides is 3. The molecule has 0 aliphatic heterocycles. The van der Waals surface area contributed by atoms with Gasteiger partial charge in [-0.15, -0.1) is 0 Å². The highest BCUT2D eigenvalue weighted by Gasteiger charge is 2.32. The molecule has 37 heavy (non-hydrogen) atoms. The molecule has 0 bridgehead atoms. The summed E-state index contributed by atoms with van der Waals surface area (Å²) in [6.45, 7) is 1.59. The zero-order valence-electron chi connectivity index (χ0n) is 19.2. The summed E-state index contributed by atoms with van der Waals surface area (Å²) in [4.78, 5) is 11.5. The molecule has 3 rings (SSSR count).